The first kappa shape index (κ1) is 16.2. The quantitative estimate of drug-likeness (QED) is 0.872. The molecule has 0 amide bonds. The Kier molecular flexibility index (Phi) is 4.74. The van der Waals surface area contributed by atoms with E-state index in [1.807, 2.05) is 12.1 Å². The maximum Gasteiger partial charge on any atom is 0.251 e. The third-order valence-electron chi connectivity index (χ3n) is 5.30. The number of pyridine rings is 1. The predicted molar refractivity (Wildman–Crippen MR) is 98.4 cm³/mol. The van der Waals surface area contributed by atoms with Gasteiger partial charge in [-0.05, 0) is 50.3 Å². The lowest BCUT2D eigenvalue weighted by atomic mass is 9.94. The Morgan fingerprint density at radius 3 is 2.88 bits per heavy atom. The van der Waals surface area contributed by atoms with Crippen LogP contribution in [-0.2, 0) is 0 Å². The summed E-state index contributed by atoms with van der Waals surface area (Å²) < 4.78 is 0. The van der Waals surface area contributed by atoms with Crippen molar-refractivity contribution < 1.29 is 0 Å². The average molecular weight is 336 g/mol. The molecule has 5 nitrogen and oxygen atoms in total. The van der Waals surface area contributed by atoms with Gasteiger partial charge in [0.05, 0.1) is 5.69 Å². The van der Waals surface area contributed by atoms with E-state index in [9.17, 15) is 4.79 Å². The first-order valence-corrected chi connectivity index (χ1v) is 9.17. The lowest BCUT2D eigenvalue weighted by Gasteiger charge is -2.24. The molecular weight excluding hydrogens is 312 g/mol. The zero-order chi connectivity index (χ0) is 17.1. The van der Waals surface area contributed by atoms with Gasteiger partial charge in [0.25, 0.3) is 5.56 Å². The lowest BCUT2D eigenvalue weighted by Crippen LogP contribution is -2.28. The Bertz CT molecular complexity index is 799. The van der Waals surface area contributed by atoms with Gasteiger partial charge in [0, 0.05) is 43.0 Å². The summed E-state index contributed by atoms with van der Waals surface area (Å²) in [5.74, 6) is 1.77. The normalized spacial score (nSPS) is 23.8. The molecule has 2 atom stereocenters. The van der Waals surface area contributed by atoms with Gasteiger partial charge < -0.3 is 9.88 Å². The third-order valence-corrected chi connectivity index (χ3v) is 5.30. The molecule has 0 unspecified atom stereocenters. The number of aromatic nitrogens is 3. The smallest absolute Gasteiger partial charge is 0.251 e. The number of hydrogen-bond donors (Lipinski definition) is 1. The van der Waals surface area contributed by atoms with Crippen LogP contribution in [0.3, 0.4) is 0 Å². The monoisotopic (exact) mass is 336 g/mol. The van der Waals surface area contributed by atoms with E-state index in [0.29, 0.717) is 11.7 Å². The molecule has 4 rings (SSSR count). The first-order chi connectivity index (χ1) is 12.3. The first-order valence-electron chi connectivity index (χ1n) is 9.17. The standard InChI is InChI=1S/C20H24N4O/c25-19-12-18(22-20(23-19)16-6-9-21-10-7-16)17-8-11-24(14-17)13-15-4-2-1-3-5-15/h1-2,6-7,9-10,12,15,17H,3-5,8,11,13-14H2,(H,22,23,25)/t15-,17-/m1/s1. The highest BCUT2D eigenvalue weighted by Gasteiger charge is 2.27. The minimum atomic E-state index is -0.0762. The van der Waals surface area contributed by atoms with Crippen LogP contribution in [-0.4, -0.2) is 39.5 Å². The van der Waals surface area contributed by atoms with Crippen LogP contribution < -0.4 is 5.56 Å². The second-order valence-corrected chi connectivity index (χ2v) is 7.15. The van der Waals surface area contributed by atoms with E-state index in [-0.39, 0.29) is 5.56 Å². The topological polar surface area (TPSA) is 61.9 Å². The molecule has 2 aromatic heterocycles. The Hall–Kier alpha value is -2.27. The van der Waals surface area contributed by atoms with Crippen molar-refractivity contribution in [2.75, 3.05) is 19.6 Å². The molecule has 1 aliphatic heterocycles. The van der Waals surface area contributed by atoms with Crippen molar-refractivity contribution in [1.29, 1.82) is 0 Å². The average Bonchev–Trinajstić information content (AvgIpc) is 3.11. The van der Waals surface area contributed by atoms with Gasteiger partial charge in [-0.25, -0.2) is 4.98 Å². The van der Waals surface area contributed by atoms with E-state index in [4.69, 9.17) is 4.98 Å². The molecule has 0 aromatic carbocycles. The van der Waals surface area contributed by atoms with Crippen molar-refractivity contribution in [3.8, 4) is 11.4 Å². The Balaban J connectivity index is 1.48. The second kappa shape index (κ2) is 7.31. The molecule has 1 aliphatic carbocycles. The minimum absolute atomic E-state index is 0.0762. The summed E-state index contributed by atoms with van der Waals surface area (Å²) in [4.78, 5) is 26.3. The summed E-state index contributed by atoms with van der Waals surface area (Å²) in [5.41, 5.74) is 1.74. The van der Waals surface area contributed by atoms with Gasteiger partial charge in [-0.3, -0.25) is 9.78 Å². The molecule has 25 heavy (non-hydrogen) atoms. The maximum atomic E-state index is 12.1. The van der Waals surface area contributed by atoms with Gasteiger partial charge in [0.1, 0.15) is 5.82 Å². The van der Waals surface area contributed by atoms with Crippen LogP contribution in [0.2, 0.25) is 0 Å². The summed E-state index contributed by atoms with van der Waals surface area (Å²) in [5, 5.41) is 0. The minimum Gasteiger partial charge on any atom is -0.307 e. The van der Waals surface area contributed by atoms with Crippen LogP contribution in [0.1, 0.15) is 37.3 Å². The zero-order valence-corrected chi connectivity index (χ0v) is 14.4. The molecule has 1 fully saturated rings. The maximum absolute atomic E-state index is 12.1. The molecule has 2 aliphatic rings. The Labute approximate surface area is 147 Å². The highest BCUT2D eigenvalue weighted by atomic mass is 16.1. The molecule has 0 saturated carbocycles. The Morgan fingerprint density at radius 1 is 1.20 bits per heavy atom. The number of nitrogens with zero attached hydrogens (tertiary/aromatic N) is 3. The predicted octanol–water partition coefficient (Wildman–Crippen LogP) is 2.98. The summed E-state index contributed by atoms with van der Waals surface area (Å²) in [6, 6.07) is 5.42. The Morgan fingerprint density at radius 2 is 2.08 bits per heavy atom. The van der Waals surface area contributed by atoms with Gasteiger partial charge in [0.15, 0.2) is 0 Å². The summed E-state index contributed by atoms with van der Waals surface area (Å²) >= 11 is 0. The van der Waals surface area contributed by atoms with Crippen LogP contribution in [0.5, 0.6) is 0 Å². The van der Waals surface area contributed by atoms with Crippen molar-refractivity contribution in [3.63, 3.8) is 0 Å². The molecule has 1 N–H and O–H groups in total. The van der Waals surface area contributed by atoms with Crippen LogP contribution in [0.25, 0.3) is 11.4 Å². The van der Waals surface area contributed by atoms with E-state index >= 15 is 0 Å². The molecule has 0 spiro atoms. The highest BCUT2D eigenvalue weighted by molar-refractivity contribution is 5.53. The number of aromatic amines is 1. The van der Waals surface area contributed by atoms with Gasteiger partial charge in [-0.1, -0.05) is 12.2 Å². The number of likely N-dealkylation sites (tertiary alicyclic amines) is 1. The van der Waals surface area contributed by atoms with Gasteiger partial charge in [-0.15, -0.1) is 0 Å². The van der Waals surface area contributed by atoms with Crippen molar-refractivity contribution in [2.45, 2.75) is 31.6 Å². The number of rotatable bonds is 4. The fourth-order valence-corrected chi connectivity index (χ4v) is 3.96. The highest BCUT2D eigenvalue weighted by Crippen LogP contribution is 2.28. The fourth-order valence-electron chi connectivity index (χ4n) is 3.96. The van der Waals surface area contributed by atoms with E-state index < -0.39 is 0 Å². The molecule has 0 bridgehead atoms. The second-order valence-electron chi connectivity index (χ2n) is 7.15. The van der Waals surface area contributed by atoms with E-state index in [2.05, 4.69) is 27.0 Å². The van der Waals surface area contributed by atoms with Gasteiger partial charge >= 0.3 is 0 Å². The number of nitrogens with one attached hydrogen (secondary N) is 1. The van der Waals surface area contributed by atoms with Crippen LogP contribution >= 0.6 is 0 Å². The van der Waals surface area contributed by atoms with Crippen LogP contribution in [0, 0.1) is 5.92 Å². The lowest BCUT2D eigenvalue weighted by molar-refractivity contribution is 0.263. The van der Waals surface area contributed by atoms with E-state index in [1.165, 1.54) is 25.8 Å². The third kappa shape index (κ3) is 3.87. The molecule has 5 heteroatoms. The number of allylic oxidation sites excluding steroid dienone is 2. The van der Waals surface area contributed by atoms with Crippen LogP contribution in [0.15, 0.2) is 47.5 Å². The molecule has 2 aromatic rings. The molecular formula is C20H24N4O. The van der Waals surface area contributed by atoms with Crippen molar-refractivity contribution >= 4 is 0 Å². The van der Waals surface area contributed by atoms with E-state index in [1.54, 1.807) is 18.5 Å². The number of hydrogen-bond acceptors (Lipinski definition) is 4. The molecule has 3 heterocycles. The summed E-state index contributed by atoms with van der Waals surface area (Å²) in [7, 11) is 0. The summed E-state index contributed by atoms with van der Waals surface area (Å²) in [6.45, 7) is 3.28. The zero-order valence-electron chi connectivity index (χ0n) is 14.4. The fraction of sp³-hybridized carbons (Fsp3) is 0.450. The van der Waals surface area contributed by atoms with Crippen molar-refractivity contribution in [2.24, 2.45) is 5.92 Å². The largest absolute Gasteiger partial charge is 0.307 e. The van der Waals surface area contributed by atoms with E-state index in [0.717, 1.165) is 36.7 Å². The van der Waals surface area contributed by atoms with Gasteiger partial charge in [-0.2, -0.15) is 0 Å². The van der Waals surface area contributed by atoms with Crippen molar-refractivity contribution in [1.82, 2.24) is 19.9 Å². The SMILES string of the molecule is O=c1cc([C@@H]2CCN(C[C@@H]3CC=CCC3)C2)nc(-c2ccncc2)[nH]1. The molecule has 1 saturated heterocycles. The van der Waals surface area contributed by atoms with Gasteiger partial charge in [0.2, 0.25) is 0 Å². The van der Waals surface area contributed by atoms with Crippen LogP contribution in [0.4, 0.5) is 0 Å². The summed E-state index contributed by atoms with van der Waals surface area (Å²) in [6.07, 6.45) is 12.9. The van der Waals surface area contributed by atoms with Crippen molar-refractivity contribution in [3.05, 3.63) is 58.8 Å². The number of H-pyrrole nitrogens is 1. The molecule has 130 valence electrons. The molecule has 0 radical (unpaired) electrons.